The second-order valence-electron chi connectivity index (χ2n) is 5.99. The Labute approximate surface area is 129 Å². The van der Waals surface area contributed by atoms with Crippen LogP contribution in [0.3, 0.4) is 0 Å². The maximum absolute atomic E-state index is 12.6. The molecule has 2 aromatic heterocycles. The highest BCUT2D eigenvalue weighted by molar-refractivity contribution is 5.71. The minimum Gasteiger partial charge on any atom is -0.330 e. The van der Waals surface area contributed by atoms with Gasteiger partial charge in [-0.05, 0) is 25.8 Å². The fourth-order valence-electron chi connectivity index (χ4n) is 2.70. The summed E-state index contributed by atoms with van der Waals surface area (Å²) in [6.45, 7) is 7.36. The number of aryl methyl sites for hydroxylation is 2. The van der Waals surface area contributed by atoms with Gasteiger partial charge >= 0.3 is 5.69 Å². The van der Waals surface area contributed by atoms with Crippen LogP contribution in [0.15, 0.2) is 9.59 Å². The molecule has 0 aliphatic heterocycles. The van der Waals surface area contributed by atoms with Crippen LogP contribution in [0.25, 0.3) is 11.2 Å². The molecule has 0 saturated carbocycles. The van der Waals surface area contributed by atoms with Crippen molar-refractivity contribution < 1.29 is 0 Å². The Kier molecular flexibility index (Phi) is 4.85. The molecule has 0 atom stereocenters. The van der Waals surface area contributed by atoms with Crippen molar-refractivity contribution in [3.63, 3.8) is 0 Å². The zero-order valence-electron chi connectivity index (χ0n) is 13.8. The number of rotatable bonds is 6. The van der Waals surface area contributed by atoms with E-state index in [-0.39, 0.29) is 11.2 Å². The number of aromatic nitrogens is 4. The molecule has 2 aromatic rings. The van der Waals surface area contributed by atoms with E-state index in [4.69, 9.17) is 5.73 Å². The van der Waals surface area contributed by atoms with E-state index in [2.05, 4.69) is 4.98 Å². The van der Waals surface area contributed by atoms with Gasteiger partial charge in [0.1, 0.15) is 5.82 Å². The van der Waals surface area contributed by atoms with Crippen molar-refractivity contribution >= 4 is 11.2 Å². The van der Waals surface area contributed by atoms with E-state index in [1.807, 2.05) is 20.9 Å². The van der Waals surface area contributed by atoms with Gasteiger partial charge in [0.05, 0.1) is 0 Å². The van der Waals surface area contributed by atoms with Crippen LogP contribution in [-0.2, 0) is 26.6 Å². The van der Waals surface area contributed by atoms with Crippen molar-refractivity contribution in [2.45, 2.75) is 46.7 Å². The number of fused-ring (bicyclic) bond motifs is 1. The molecule has 0 aliphatic carbocycles. The number of hydrogen-bond acceptors (Lipinski definition) is 4. The molecule has 122 valence electrons. The molecule has 7 nitrogen and oxygen atoms in total. The summed E-state index contributed by atoms with van der Waals surface area (Å²) in [7, 11) is 1.83. The van der Waals surface area contributed by atoms with Gasteiger partial charge in [0.15, 0.2) is 11.2 Å². The average Bonchev–Trinajstić information content (AvgIpc) is 2.79. The van der Waals surface area contributed by atoms with Crippen LogP contribution in [0, 0.1) is 5.92 Å². The Morgan fingerprint density at radius 3 is 2.45 bits per heavy atom. The molecular formula is C15H25N5O2. The standard InChI is InChI=1S/C15H25N5O2/c1-5-19-14(21)12-13(20(15(19)22)9-10(2)3)17-11(18(12)4)7-6-8-16/h10H,5-9,16H2,1-4H3. The monoisotopic (exact) mass is 307 g/mol. The molecule has 22 heavy (non-hydrogen) atoms. The van der Waals surface area contributed by atoms with Crippen molar-refractivity contribution in [3.8, 4) is 0 Å². The third kappa shape index (κ3) is 2.72. The maximum Gasteiger partial charge on any atom is 0.332 e. The normalized spacial score (nSPS) is 11.7. The first-order valence-corrected chi connectivity index (χ1v) is 7.81. The van der Waals surface area contributed by atoms with Gasteiger partial charge in [-0.15, -0.1) is 0 Å². The lowest BCUT2D eigenvalue weighted by Crippen LogP contribution is -2.40. The average molecular weight is 307 g/mol. The molecule has 0 aliphatic rings. The zero-order chi connectivity index (χ0) is 16.4. The molecular weight excluding hydrogens is 282 g/mol. The molecule has 0 spiro atoms. The quantitative estimate of drug-likeness (QED) is 0.840. The Hall–Kier alpha value is -1.89. The molecule has 2 heterocycles. The minimum absolute atomic E-state index is 0.267. The Morgan fingerprint density at radius 2 is 1.91 bits per heavy atom. The summed E-state index contributed by atoms with van der Waals surface area (Å²) in [5.74, 6) is 1.08. The van der Waals surface area contributed by atoms with Crippen molar-refractivity contribution in [1.29, 1.82) is 0 Å². The van der Waals surface area contributed by atoms with Crippen LogP contribution < -0.4 is 17.0 Å². The SMILES string of the molecule is CCn1c(=O)c2c(nc(CCCN)n2C)n(CC(C)C)c1=O. The minimum atomic E-state index is -0.280. The summed E-state index contributed by atoms with van der Waals surface area (Å²) in [6, 6.07) is 0. The van der Waals surface area contributed by atoms with Crippen LogP contribution >= 0.6 is 0 Å². The molecule has 0 fully saturated rings. The second kappa shape index (κ2) is 6.48. The second-order valence-corrected chi connectivity index (χ2v) is 5.99. The van der Waals surface area contributed by atoms with Gasteiger partial charge in [0, 0.05) is 26.6 Å². The molecule has 0 unspecified atom stereocenters. The fraction of sp³-hybridized carbons (Fsp3) is 0.667. The third-order valence-corrected chi connectivity index (χ3v) is 3.80. The first-order chi connectivity index (χ1) is 10.4. The lowest BCUT2D eigenvalue weighted by Gasteiger charge is -2.12. The first-order valence-electron chi connectivity index (χ1n) is 7.81. The van der Waals surface area contributed by atoms with Crippen LogP contribution in [0.2, 0.25) is 0 Å². The fourth-order valence-corrected chi connectivity index (χ4v) is 2.70. The van der Waals surface area contributed by atoms with Gasteiger partial charge in [-0.2, -0.15) is 0 Å². The number of hydrogen-bond donors (Lipinski definition) is 1. The van der Waals surface area contributed by atoms with Gasteiger partial charge in [0.2, 0.25) is 0 Å². The Bertz CT molecular complexity index is 782. The van der Waals surface area contributed by atoms with Crippen molar-refractivity contribution in [2.75, 3.05) is 6.54 Å². The van der Waals surface area contributed by atoms with Crippen molar-refractivity contribution in [1.82, 2.24) is 18.7 Å². The van der Waals surface area contributed by atoms with Crippen molar-refractivity contribution in [2.24, 2.45) is 18.7 Å². The van der Waals surface area contributed by atoms with Crippen molar-refractivity contribution in [3.05, 3.63) is 26.7 Å². The summed E-state index contributed by atoms with van der Waals surface area (Å²) in [4.78, 5) is 29.7. The summed E-state index contributed by atoms with van der Waals surface area (Å²) in [6.07, 6.45) is 1.50. The van der Waals surface area contributed by atoms with Crippen LogP contribution in [0.5, 0.6) is 0 Å². The topological polar surface area (TPSA) is 87.8 Å². The largest absolute Gasteiger partial charge is 0.332 e. The molecule has 2 rings (SSSR count). The highest BCUT2D eigenvalue weighted by Gasteiger charge is 2.19. The highest BCUT2D eigenvalue weighted by Crippen LogP contribution is 2.12. The first kappa shape index (κ1) is 16.5. The van der Waals surface area contributed by atoms with Gasteiger partial charge < -0.3 is 10.3 Å². The van der Waals surface area contributed by atoms with Crippen LogP contribution in [-0.4, -0.2) is 25.2 Å². The summed E-state index contributed by atoms with van der Waals surface area (Å²) < 4.78 is 4.70. The van der Waals surface area contributed by atoms with Gasteiger partial charge in [-0.1, -0.05) is 13.8 Å². The summed E-state index contributed by atoms with van der Waals surface area (Å²) >= 11 is 0. The maximum atomic E-state index is 12.6. The van der Waals surface area contributed by atoms with E-state index in [1.54, 1.807) is 16.1 Å². The molecule has 0 bridgehead atoms. The molecule has 0 amide bonds. The van der Waals surface area contributed by atoms with E-state index < -0.39 is 0 Å². The van der Waals surface area contributed by atoms with E-state index >= 15 is 0 Å². The van der Waals surface area contributed by atoms with Gasteiger partial charge in [-0.25, -0.2) is 9.78 Å². The summed E-state index contributed by atoms with van der Waals surface area (Å²) in [5.41, 5.74) is 5.99. The smallest absolute Gasteiger partial charge is 0.330 e. The predicted molar refractivity (Wildman–Crippen MR) is 87.1 cm³/mol. The molecule has 2 N–H and O–H groups in total. The molecule has 7 heteroatoms. The molecule has 0 saturated heterocycles. The lowest BCUT2D eigenvalue weighted by molar-refractivity contribution is 0.491. The Morgan fingerprint density at radius 1 is 1.23 bits per heavy atom. The molecule has 0 radical (unpaired) electrons. The summed E-state index contributed by atoms with van der Waals surface area (Å²) in [5, 5.41) is 0. The number of nitrogens with two attached hydrogens (primary N) is 1. The zero-order valence-corrected chi connectivity index (χ0v) is 13.8. The third-order valence-electron chi connectivity index (χ3n) is 3.80. The number of imidazole rings is 1. The Balaban J connectivity index is 2.80. The van der Waals surface area contributed by atoms with E-state index in [1.165, 1.54) is 4.57 Å². The van der Waals surface area contributed by atoms with Crippen LogP contribution in [0.4, 0.5) is 0 Å². The number of nitrogens with zero attached hydrogens (tertiary/aromatic N) is 4. The molecule has 0 aromatic carbocycles. The lowest BCUT2D eigenvalue weighted by atomic mass is 10.2. The van der Waals surface area contributed by atoms with E-state index in [0.29, 0.717) is 43.1 Å². The van der Waals surface area contributed by atoms with E-state index in [9.17, 15) is 9.59 Å². The van der Waals surface area contributed by atoms with E-state index in [0.717, 1.165) is 12.2 Å². The highest BCUT2D eigenvalue weighted by atomic mass is 16.2. The predicted octanol–water partition coefficient (Wildman–Crippen LogP) is 0.464. The van der Waals surface area contributed by atoms with Gasteiger partial charge in [-0.3, -0.25) is 13.9 Å². The van der Waals surface area contributed by atoms with Crippen LogP contribution in [0.1, 0.15) is 33.0 Å². The van der Waals surface area contributed by atoms with Gasteiger partial charge in [0.25, 0.3) is 5.56 Å².